The van der Waals surface area contributed by atoms with Gasteiger partial charge in [-0.15, -0.1) is 21.5 Å². The van der Waals surface area contributed by atoms with Gasteiger partial charge in [0.15, 0.2) is 5.16 Å². The second-order valence-electron chi connectivity index (χ2n) is 4.62. The van der Waals surface area contributed by atoms with Gasteiger partial charge in [0.25, 0.3) is 0 Å². The number of carboxylic acid groups (broad SMARTS) is 1. The lowest BCUT2D eigenvalue weighted by atomic mass is 10.3. The molecule has 2 heterocycles. The number of nitrogens with zero attached hydrogens (tertiary/aromatic N) is 4. The maximum atomic E-state index is 10.7. The summed E-state index contributed by atoms with van der Waals surface area (Å²) in [6, 6.07) is 0. The van der Waals surface area contributed by atoms with Gasteiger partial charge in [-0.25, -0.2) is 4.98 Å². The third-order valence-electron chi connectivity index (χ3n) is 2.81. The molecule has 0 radical (unpaired) electrons. The molecule has 114 valence electrons. The van der Waals surface area contributed by atoms with Crippen LogP contribution in [0.2, 0.25) is 0 Å². The van der Waals surface area contributed by atoms with Gasteiger partial charge in [0, 0.05) is 30.5 Å². The fourth-order valence-electron chi connectivity index (χ4n) is 1.91. The van der Waals surface area contributed by atoms with E-state index in [-0.39, 0.29) is 5.75 Å². The van der Waals surface area contributed by atoms with Crippen molar-refractivity contribution in [3.63, 3.8) is 0 Å². The molecule has 0 aliphatic carbocycles. The minimum absolute atomic E-state index is 0.000614. The summed E-state index contributed by atoms with van der Waals surface area (Å²) in [6.07, 6.45) is 2.64. The van der Waals surface area contributed by atoms with Crippen LogP contribution in [0.15, 0.2) is 10.5 Å². The zero-order chi connectivity index (χ0) is 15.2. The van der Waals surface area contributed by atoms with E-state index in [0.29, 0.717) is 5.16 Å². The van der Waals surface area contributed by atoms with Crippen LogP contribution < -0.4 is 0 Å². The van der Waals surface area contributed by atoms with Gasteiger partial charge in [-0.3, -0.25) is 4.79 Å². The molecule has 0 bridgehead atoms. The summed E-state index contributed by atoms with van der Waals surface area (Å²) in [5.41, 5.74) is 1.04. The first-order chi connectivity index (χ1) is 10.1. The highest BCUT2D eigenvalue weighted by Gasteiger charge is 2.14. The van der Waals surface area contributed by atoms with Crippen LogP contribution in [0.3, 0.4) is 0 Å². The number of hydrogen-bond acceptors (Lipinski definition) is 6. The van der Waals surface area contributed by atoms with Crippen molar-refractivity contribution in [1.82, 2.24) is 19.7 Å². The predicted molar refractivity (Wildman–Crippen MR) is 82.9 cm³/mol. The molecule has 0 atom stereocenters. The fourth-order valence-corrected chi connectivity index (χ4v) is 3.38. The van der Waals surface area contributed by atoms with E-state index in [1.165, 1.54) is 11.8 Å². The number of thiazole rings is 1. The van der Waals surface area contributed by atoms with Crippen LogP contribution >= 0.6 is 23.1 Å². The summed E-state index contributed by atoms with van der Waals surface area (Å²) >= 11 is 2.86. The lowest BCUT2D eigenvalue weighted by Crippen LogP contribution is -2.09. The normalized spacial score (nSPS) is 11.0. The van der Waals surface area contributed by atoms with Crippen molar-refractivity contribution in [1.29, 1.82) is 0 Å². The van der Waals surface area contributed by atoms with Crippen LogP contribution in [-0.2, 0) is 24.2 Å². The van der Waals surface area contributed by atoms with Gasteiger partial charge in [0.1, 0.15) is 5.82 Å². The first kappa shape index (κ1) is 16.0. The molecule has 0 saturated heterocycles. The average molecular weight is 326 g/mol. The third kappa shape index (κ3) is 4.53. The Morgan fingerprint density at radius 2 is 2.24 bits per heavy atom. The van der Waals surface area contributed by atoms with E-state index in [0.717, 1.165) is 42.3 Å². The minimum Gasteiger partial charge on any atom is -0.481 e. The van der Waals surface area contributed by atoms with E-state index >= 15 is 0 Å². The molecule has 2 aromatic rings. The van der Waals surface area contributed by atoms with Crippen molar-refractivity contribution >= 4 is 29.1 Å². The van der Waals surface area contributed by atoms with Crippen molar-refractivity contribution in [3.05, 3.63) is 21.9 Å². The van der Waals surface area contributed by atoms with Gasteiger partial charge in [0.2, 0.25) is 0 Å². The Hall–Kier alpha value is -1.41. The van der Waals surface area contributed by atoms with Crippen molar-refractivity contribution in [2.75, 3.05) is 5.75 Å². The van der Waals surface area contributed by atoms with Crippen LogP contribution in [0, 0.1) is 6.92 Å². The Balaban J connectivity index is 2.09. The number of aromatic nitrogens is 4. The van der Waals surface area contributed by atoms with Crippen molar-refractivity contribution in [2.45, 2.75) is 44.8 Å². The summed E-state index contributed by atoms with van der Waals surface area (Å²) in [4.78, 5) is 15.2. The number of hydrogen-bond donors (Lipinski definition) is 1. The average Bonchev–Trinajstić information content (AvgIpc) is 3.01. The largest absolute Gasteiger partial charge is 0.481 e. The monoisotopic (exact) mass is 326 g/mol. The van der Waals surface area contributed by atoms with E-state index in [1.807, 2.05) is 16.9 Å². The first-order valence-electron chi connectivity index (χ1n) is 6.77. The number of carbonyl (C=O) groups is 1. The highest BCUT2D eigenvalue weighted by molar-refractivity contribution is 7.99. The van der Waals surface area contributed by atoms with Crippen LogP contribution in [0.1, 0.15) is 29.9 Å². The Kier molecular flexibility index (Phi) is 5.75. The van der Waals surface area contributed by atoms with Crippen LogP contribution in [0.25, 0.3) is 0 Å². The summed E-state index contributed by atoms with van der Waals surface area (Å²) in [6.45, 7) is 4.81. The molecular formula is C13H18N4O2S2. The molecular weight excluding hydrogens is 308 g/mol. The van der Waals surface area contributed by atoms with Crippen molar-refractivity contribution in [3.8, 4) is 0 Å². The SMILES string of the molecule is CCCc1nnc(SCC(=O)O)n1CCc1nc(C)cs1. The van der Waals surface area contributed by atoms with Gasteiger partial charge in [-0.2, -0.15) is 0 Å². The number of thioether (sulfide) groups is 1. The molecule has 0 fully saturated rings. The quantitative estimate of drug-likeness (QED) is 0.750. The molecule has 0 unspecified atom stereocenters. The molecule has 0 saturated carbocycles. The topological polar surface area (TPSA) is 80.9 Å². The minimum atomic E-state index is -0.845. The smallest absolute Gasteiger partial charge is 0.313 e. The summed E-state index contributed by atoms with van der Waals surface area (Å²) in [7, 11) is 0. The first-order valence-corrected chi connectivity index (χ1v) is 8.64. The molecule has 1 N–H and O–H groups in total. The van der Waals surface area contributed by atoms with Crippen LogP contribution in [0.4, 0.5) is 0 Å². The van der Waals surface area contributed by atoms with Gasteiger partial charge in [0.05, 0.1) is 10.8 Å². The molecule has 2 rings (SSSR count). The van der Waals surface area contributed by atoms with Gasteiger partial charge in [-0.1, -0.05) is 18.7 Å². The number of aliphatic carboxylic acids is 1. The van der Waals surface area contributed by atoms with Crippen LogP contribution in [0.5, 0.6) is 0 Å². The standard InChI is InChI=1S/C13H18N4O2S2/c1-3-4-10-15-16-13(21-8-12(18)19)17(10)6-5-11-14-9(2)7-20-11/h7H,3-6,8H2,1-2H3,(H,18,19). The molecule has 21 heavy (non-hydrogen) atoms. The molecule has 0 spiro atoms. The van der Waals surface area contributed by atoms with E-state index in [4.69, 9.17) is 5.11 Å². The Morgan fingerprint density at radius 1 is 1.43 bits per heavy atom. The Morgan fingerprint density at radius 3 is 2.86 bits per heavy atom. The zero-order valence-corrected chi connectivity index (χ0v) is 13.7. The van der Waals surface area contributed by atoms with E-state index in [2.05, 4.69) is 22.1 Å². The highest BCUT2D eigenvalue weighted by atomic mass is 32.2. The van der Waals surface area contributed by atoms with E-state index in [9.17, 15) is 4.79 Å². The molecule has 0 amide bonds. The predicted octanol–water partition coefficient (Wildman–Crippen LogP) is 2.41. The molecule has 8 heteroatoms. The van der Waals surface area contributed by atoms with E-state index < -0.39 is 5.97 Å². The molecule has 0 aliphatic rings. The van der Waals surface area contributed by atoms with Crippen molar-refractivity contribution in [2.24, 2.45) is 0 Å². The lowest BCUT2D eigenvalue weighted by Gasteiger charge is -2.08. The van der Waals surface area contributed by atoms with Crippen molar-refractivity contribution < 1.29 is 9.90 Å². The second-order valence-corrected chi connectivity index (χ2v) is 6.50. The lowest BCUT2D eigenvalue weighted by molar-refractivity contribution is -0.133. The second kappa shape index (κ2) is 7.56. The summed E-state index contributed by atoms with van der Waals surface area (Å²) in [5.74, 6) is 0.0708. The van der Waals surface area contributed by atoms with Gasteiger partial charge >= 0.3 is 5.97 Å². The Bertz CT molecular complexity index is 609. The molecule has 0 aliphatic heterocycles. The number of aryl methyl sites for hydroxylation is 3. The van der Waals surface area contributed by atoms with Crippen LogP contribution in [-0.4, -0.2) is 36.6 Å². The zero-order valence-electron chi connectivity index (χ0n) is 12.1. The molecule has 0 aromatic carbocycles. The Labute approximate surface area is 131 Å². The highest BCUT2D eigenvalue weighted by Crippen LogP contribution is 2.19. The van der Waals surface area contributed by atoms with Gasteiger partial charge in [-0.05, 0) is 13.3 Å². The fraction of sp³-hybridized carbons (Fsp3) is 0.538. The number of rotatable bonds is 8. The third-order valence-corrected chi connectivity index (χ3v) is 4.79. The van der Waals surface area contributed by atoms with E-state index in [1.54, 1.807) is 11.3 Å². The maximum absolute atomic E-state index is 10.7. The van der Waals surface area contributed by atoms with Gasteiger partial charge < -0.3 is 9.67 Å². The summed E-state index contributed by atoms with van der Waals surface area (Å²) < 4.78 is 2.02. The summed E-state index contributed by atoms with van der Waals surface area (Å²) in [5, 5.41) is 20.9. The molecule has 6 nitrogen and oxygen atoms in total. The number of carboxylic acids is 1. The molecule has 2 aromatic heterocycles. The maximum Gasteiger partial charge on any atom is 0.313 e.